The number of halogens is 1. The molecular formula is C24H36ClN9O2. The molecule has 5 heterocycles. The smallest absolute Gasteiger partial charge is 0.239 e. The van der Waals surface area contributed by atoms with E-state index in [0.717, 1.165) is 48.6 Å². The molecule has 4 N–H and O–H groups in total. The van der Waals surface area contributed by atoms with Gasteiger partial charge < -0.3 is 30.9 Å². The van der Waals surface area contributed by atoms with Crippen LogP contribution < -0.4 is 21.3 Å². The lowest BCUT2D eigenvalue weighted by molar-refractivity contribution is -0.131. The van der Waals surface area contributed by atoms with Gasteiger partial charge >= 0.3 is 0 Å². The number of anilines is 3. The van der Waals surface area contributed by atoms with Gasteiger partial charge in [0.05, 0.1) is 36.5 Å². The van der Waals surface area contributed by atoms with E-state index in [1.807, 2.05) is 11.8 Å². The Kier molecular flexibility index (Phi) is 7.53. The van der Waals surface area contributed by atoms with Crippen LogP contribution in [0.25, 0.3) is 11.3 Å². The number of hydrogen-bond donors (Lipinski definition) is 2. The molecule has 3 aliphatic heterocycles. The van der Waals surface area contributed by atoms with E-state index >= 15 is 0 Å². The zero-order valence-electron chi connectivity index (χ0n) is 21.2. The lowest BCUT2D eigenvalue weighted by Crippen LogP contribution is -2.50. The van der Waals surface area contributed by atoms with Crippen LogP contribution in [0.3, 0.4) is 0 Å². The first-order valence-electron chi connectivity index (χ1n) is 12.5. The highest BCUT2D eigenvalue weighted by Crippen LogP contribution is 2.41. The van der Waals surface area contributed by atoms with Crippen LogP contribution in [0.1, 0.15) is 39.2 Å². The van der Waals surface area contributed by atoms with Crippen molar-refractivity contribution in [1.82, 2.24) is 24.8 Å². The number of morpholine rings is 1. The second-order valence-electron chi connectivity index (χ2n) is 10.0. The molecule has 1 amide bonds. The molecule has 12 heteroatoms. The number of amides is 1. The van der Waals surface area contributed by atoms with Gasteiger partial charge in [0.2, 0.25) is 17.8 Å². The lowest BCUT2D eigenvalue weighted by atomic mass is 9.99. The van der Waals surface area contributed by atoms with Gasteiger partial charge in [-0.2, -0.15) is 4.98 Å². The summed E-state index contributed by atoms with van der Waals surface area (Å²) < 4.78 is 5.65. The Balaban J connectivity index is 0.00000304. The van der Waals surface area contributed by atoms with E-state index < -0.39 is 6.04 Å². The fourth-order valence-corrected chi connectivity index (χ4v) is 5.38. The Hall–Kier alpha value is -2.76. The molecule has 2 aromatic heterocycles. The summed E-state index contributed by atoms with van der Waals surface area (Å²) >= 11 is 0. The maximum atomic E-state index is 12.8. The van der Waals surface area contributed by atoms with E-state index in [2.05, 4.69) is 33.6 Å². The Bertz CT molecular complexity index is 1100. The number of ether oxygens (including phenoxy) is 1. The maximum Gasteiger partial charge on any atom is 0.239 e. The average molecular weight is 518 g/mol. The van der Waals surface area contributed by atoms with Crippen LogP contribution in [0.2, 0.25) is 0 Å². The Morgan fingerprint density at radius 2 is 2.00 bits per heavy atom. The van der Waals surface area contributed by atoms with E-state index in [9.17, 15) is 4.79 Å². The van der Waals surface area contributed by atoms with E-state index in [0.29, 0.717) is 38.7 Å². The number of nitrogens with two attached hydrogens (primary N) is 2. The standard InChI is InChI=1S/C24H35N9O2.ClH/c1-4-18(25)21(34)31-8-6-24(3,14-31)33-7-5-17-19(16-11-27-22(26)28-12-16)29-23(30-20(17)33)32-9-10-35-13-15(32)2;/h11-12,15,18H,4-10,13-14,25H2,1-3H3,(H2,26,27,28);1H/t15-,18-,24-;/m0./s1. The van der Waals surface area contributed by atoms with Gasteiger partial charge in [-0.25, -0.2) is 15.0 Å². The predicted octanol–water partition coefficient (Wildman–Crippen LogP) is 1.25. The number of carbonyl (C=O) groups is 1. The monoisotopic (exact) mass is 517 g/mol. The lowest BCUT2D eigenvalue weighted by Gasteiger charge is -2.38. The van der Waals surface area contributed by atoms with Gasteiger partial charge in [0, 0.05) is 49.7 Å². The molecule has 0 spiro atoms. The van der Waals surface area contributed by atoms with Crippen molar-refractivity contribution in [1.29, 1.82) is 0 Å². The molecule has 2 fully saturated rings. The third kappa shape index (κ3) is 4.67. The number of nitrogen functional groups attached to an aromatic ring is 1. The fourth-order valence-electron chi connectivity index (χ4n) is 5.38. The number of aromatic nitrogens is 4. The molecule has 0 aliphatic carbocycles. The van der Waals surface area contributed by atoms with Crippen molar-refractivity contribution in [3.05, 3.63) is 18.0 Å². The summed E-state index contributed by atoms with van der Waals surface area (Å²) in [5, 5.41) is 0. The topological polar surface area (TPSA) is 140 Å². The van der Waals surface area contributed by atoms with Gasteiger partial charge in [-0.15, -0.1) is 12.4 Å². The summed E-state index contributed by atoms with van der Waals surface area (Å²) in [4.78, 5) is 37.8. The van der Waals surface area contributed by atoms with Gasteiger partial charge in [0.25, 0.3) is 0 Å². The van der Waals surface area contributed by atoms with Gasteiger partial charge in [-0.05, 0) is 33.1 Å². The van der Waals surface area contributed by atoms with E-state index in [1.54, 1.807) is 12.4 Å². The van der Waals surface area contributed by atoms with Crippen molar-refractivity contribution in [2.24, 2.45) is 5.73 Å². The summed E-state index contributed by atoms with van der Waals surface area (Å²) in [5.41, 5.74) is 14.3. The Morgan fingerprint density at radius 3 is 2.69 bits per heavy atom. The molecule has 0 radical (unpaired) electrons. The number of fused-ring (bicyclic) bond motifs is 1. The Labute approximate surface area is 218 Å². The summed E-state index contributed by atoms with van der Waals surface area (Å²) in [6.07, 6.45) is 5.77. The number of nitrogens with zero attached hydrogens (tertiary/aromatic N) is 7. The van der Waals surface area contributed by atoms with Gasteiger partial charge in [0.1, 0.15) is 5.82 Å². The quantitative estimate of drug-likeness (QED) is 0.595. The molecule has 2 saturated heterocycles. The Morgan fingerprint density at radius 1 is 1.25 bits per heavy atom. The molecule has 3 atom stereocenters. The minimum atomic E-state index is -0.447. The van der Waals surface area contributed by atoms with Crippen LogP contribution in [0.4, 0.5) is 17.7 Å². The normalized spacial score (nSPS) is 24.4. The molecule has 36 heavy (non-hydrogen) atoms. The van der Waals surface area contributed by atoms with Crippen molar-refractivity contribution >= 4 is 36.0 Å². The SMILES string of the molecule is CC[C@H](N)C(=O)N1CC[C@](C)(N2CCc3c(-c4cnc(N)nc4)nc(N4CCOC[C@@H]4C)nc32)C1.Cl. The maximum absolute atomic E-state index is 12.8. The highest BCUT2D eigenvalue weighted by atomic mass is 35.5. The fraction of sp³-hybridized carbons (Fsp3) is 0.625. The zero-order chi connectivity index (χ0) is 24.7. The van der Waals surface area contributed by atoms with Crippen LogP contribution in [0, 0.1) is 0 Å². The van der Waals surface area contributed by atoms with Crippen molar-refractivity contribution in [2.75, 3.05) is 54.9 Å². The van der Waals surface area contributed by atoms with Gasteiger partial charge in [-0.3, -0.25) is 4.79 Å². The molecule has 0 saturated carbocycles. The van der Waals surface area contributed by atoms with Crippen molar-refractivity contribution in [3.8, 4) is 11.3 Å². The van der Waals surface area contributed by atoms with Crippen LogP contribution in [0.15, 0.2) is 12.4 Å². The van der Waals surface area contributed by atoms with Gasteiger partial charge in [0.15, 0.2) is 0 Å². The highest BCUT2D eigenvalue weighted by Gasteiger charge is 2.45. The summed E-state index contributed by atoms with van der Waals surface area (Å²) in [6, 6.07) is -0.282. The number of likely N-dealkylation sites (tertiary alicyclic amines) is 1. The third-order valence-electron chi connectivity index (χ3n) is 7.56. The van der Waals surface area contributed by atoms with E-state index in [4.69, 9.17) is 26.2 Å². The molecule has 196 valence electrons. The first-order chi connectivity index (χ1) is 16.8. The van der Waals surface area contributed by atoms with Gasteiger partial charge in [-0.1, -0.05) is 6.92 Å². The molecule has 0 aromatic carbocycles. The first kappa shape index (κ1) is 26.3. The summed E-state index contributed by atoms with van der Waals surface area (Å²) in [7, 11) is 0. The minimum Gasteiger partial charge on any atom is -0.377 e. The van der Waals surface area contributed by atoms with Crippen molar-refractivity contribution < 1.29 is 9.53 Å². The van der Waals surface area contributed by atoms with Crippen LogP contribution in [-0.2, 0) is 16.0 Å². The molecule has 0 unspecified atom stereocenters. The number of hydrogen-bond acceptors (Lipinski definition) is 10. The molecule has 5 rings (SSSR count). The molecule has 3 aliphatic rings. The molecule has 0 bridgehead atoms. The van der Waals surface area contributed by atoms with E-state index in [-0.39, 0.29) is 35.8 Å². The van der Waals surface area contributed by atoms with Crippen LogP contribution in [-0.4, -0.2) is 87.8 Å². The van der Waals surface area contributed by atoms with Crippen molar-refractivity contribution in [3.63, 3.8) is 0 Å². The summed E-state index contributed by atoms with van der Waals surface area (Å²) in [5.74, 6) is 1.87. The largest absolute Gasteiger partial charge is 0.377 e. The zero-order valence-corrected chi connectivity index (χ0v) is 22.0. The van der Waals surface area contributed by atoms with Crippen LogP contribution >= 0.6 is 12.4 Å². The average Bonchev–Trinajstić information content (AvgIpc) is 3.48. The predicted molar refractivity (Wildman–Crippen MR) is 141 cm³/mol. The van der Waals surface area contributed by atoms with Crippen LogP contribution in [0.5, 0.6) is 0 Å². The second-order valence-corrected chi connectivity index (χ2v) is 10.0. The number of rotatable bonds is 5. The van der Waals surface area contributed by atoms with E-state index in [1.165, 1.54) is 0 Å². The van der Waals surface area contributed by atoms with Crippen molar-refractivity contribution in [2.45, 2.75) is 57.7 Å². The molecule has 2 aromatic rings. The minimum absolute atomic E-state index is 0. The highest BCUT2D eigenvalue weighted by molar-refractivity contribution is 5.85. The number of carbonyl (C=O) groups excluding carboxylic acids is 1. The summed E-state index contributed by atoms with van der Waals surface area (Å²) in [6.45, 7) is 10.4. The first-order valence-corrected chi connectivity index (χ1v) is 12.5. The second kappa shape index (κ2) is 10.3. The molecule has 11 nitrogen and oxygen atoms in total. The third-order valence-corrected chi connectivity index (χ3v) is 7.56. The molecular weight excluding hydrogens is 482 g/mol.